The number of aryl methyl sites for hydroxylation is 1. The molecule has 1 amide bonds. The molecule has 0 radical (unpaired) electrons. The molecule has 0 spiro atoms. The Morgan fingerprint density at radius 2 is 1.97 bits per heavy atom. The first-order valence-electron chi connectivity index (χ1n) is 8.76. The summed E-state index contributed by atoms with van der Waals surface area (Å²) < 4.78 is 20.6. The highest BCUT2D eigenvalue weighted by atomic mass is 79.9. The van der Waals surface area contributed by atoms with Crippen molar-refractivity contribution in [1.29, 1.82) is 0 Å². The zero-order chi connectivity index (χ0) is 20.8. The lowest BCUT2D eigenvalue weighted by molar-refractivity contribution is -0.116. The summed E-state index contributed by atoms with van der Waals surface area (Å²) in [5.74, 6) is -0.801. The number of nitrogens with one attached hydrogen (secondary N) is 1. The Kier molecular flexibility index (Phi) is 6.71. The number of carbonyl (C=O) groups excluding carboxylic acids is 2. The van der Waals surface area contributed by atoms with E-state index in [9.17, 15) is 14.0 Å². The van der Waals surface area contributed by atoms with Crippen LogP contribution in [0.1, 0.15) is 28.0 Å². The molecule has 2 heterocycles. The van der Waals surface area contributed by atoms with E-state index in [-0.39, 0.29) is 30.4 Å². The van der Waals surface area contributed by atoms with Crippen LogP contribution in [0.2, 0.25) is 0 Å². The summed E-state index contributed by atoms with van der Waals surface area (Å²) >= 11 is 3.35. The highest BCUT2D eigenvalue weighted by molar-refractivity contribution is 9.10. The van der Waals surface area contributed by atoms with Crippen LogP contribution in [0.25, 0.3) is 0 Å². The summed E-state index contributed by atoms with van der Waals surface area (Å²) in [5, 5.41) is 7.00. The molecule has 2 aromatic heterocycles. The van der Waals surface area contributed by atoms with Crippen LogP contribution in [0.5, 0.6) is 0 Å². The average Bonchev–Trinajstić information content (AvgIpc) is 3.06. The topological polar surface area (TPSA) is 86.1 Å². The molecule has 7 nitrogen and oxygen atoms in total. The van der Waals surface area contributed by atoms with Crippen molar-refractivity contribution in [3.05, 3.63) is 75.9 Å². The van der Waals surface area contributed by atoms with Gasteiger partial charge >= 0.3 is 5.97 Å². The van der Waals surface area contributed by atoms with Crippen molar-refractivity contribution in [3.63, 3.8) is 0 Å². The average molecular weight is 461 g/mol. The first kappa shape index (κ1) is 20.7. The third kappa shape index (κ3) is 5.26. The number of benzene rings is 1. The molecule has 0 aliphatic rings. The van der Waals surface area contributed by atoms with E-state index in [2.05, 4.69) is 31.3 Å². The van der Waals surface area contributed by atoms with Crippen LogP contribution >= 0.6 is 15.9 Å². The van der Waals surface area contributed by atoms with E-state index in [1.165, 1.54) is 24.1 Å². The summed E-state index contributed by atoms with van der Waals surface area (Å²) in [7, 11) is 1.28. The van der Waals surface area contributed by atoms with Gasteiger partial charge in [0.25, 0.3) is 0 Å². The Morgan fingerprint density at radius 1 is 1.21 bits per heavy atom. The number of hydrogen-bond donors (Lipinski definition) is 1. The molecule has 3 rings (SSSR count). The lowest BCUT2D eigenvalue weighted by atomic mass is 10.1. The number of amides is 1. The second-order valence-corrected chi connectivity index (χ2v) is 7.02. The van der Waals surface area contributed by atoms with Crippen LogP contribution in [0, 0.1) is 5.82 Å². The molecule has 0 aliphatic heterocycles. The number of anilines is 1. The minimum absolute atomic E-state index is 0.127. The van der Waals surface area contributed by atoms with Crippen LogP contribution in [0.15, 0.2) is 53.3 Å². The zero-order valence-corrected chi connectivity index (χ0v) is 17.1. The fraction of sp³-hybridized carbons (Fsp3) is 0.200. The molecule has 9 heteroatoms. The summed E-state index contributed by atoms with van der Waals surface area (Å²) in [5.41, 5.74) is 1.31. The first-order chi connectivity index (χ1) is 14.0. The molecule has 3 aromatic rings. The second-order valence-electron chi connectivity index (χ2n) is 6.17. The number of esters is 1. The molecule has 1 N–H and O–H groups in total. The van der Waals surface area contributed by atoms with Crippen molar-refractivity contribution < 1.29 is 18.7 Å². The number of pyridine rings is 1. The standard InChI is InChI=1S/C20H18BrFN4O3/c1-29-20(28)18-13(6-4-10-23-18)8-9-17(27)24-19-15(21)12-26(25-19)11-14-5-2-3-7-16(14)22/h2-7,10,12H,8-9,11H2,1H3,(H,24,25,27). The summed E-state index contributed by atoms with van der Waals surface area (Å²) in [6.45, 7) is 0.235. The van der Waals surface area contributed by atoms with E-state index in [0.29, 0.717) is 27.8 Å². The van der Waals surface area contributed by atoms with Crippen LogP contribution < -0.4 is 5.32 Å². The molecular weight excluding hydrogens is 443 g/mol. The first-order valence-corrected chi connectivity index (χ1v) is 9.55. The maximum atomic E-state index is 13.8. The molecular formula is C20H18BrFN4O3. The van der Waals surface area contributed by atoms with Crippen LogP contribution in [0.4, 0.5) is 10.2 Å². The molecule has 0 unspecified atom stereocenters. The predicted molar refractivity (Wildman–Crippen MR) is 108 cm³/mol. The van der Waals surface area contributed by atoms with Gasteiger partial charge in [0.05, 0.1) is 18.1 Å². The monoisotopic (exact) mass is 460 g/mol. The number of nitrogens with zero attached hydrogens (tertiary/aromatic N) is 3. The normalized spacial score (nSPS) is 10.6. The fourth-order valence-corrected chi connectivity index (χ4v) is 3.14. The van der Waals surface area contributed by atoms with Crippen molar-refractivity contribution in [2.24, 2.45) is 0 Å². The Bertz CT molecular complexity index is 1040. The fourth-order valence-electron chi connectivity index (χ4n) is 2.73. The SMILES string of the molecule is COC(=O)c1ncccc1CCC(=O)Nc1nn(Cc2ccccc2F)cc1Br. The molecule has 0 fully saturated rings. The van der Waals surface area contributed by atoms with Gasteiger partial charge in [-0.3, -0.25) is 9.48 Å². The van der Waals surface area contributed by atoms with Crippen molar-refractivity contribution in [2.75, 3.05) is 12.4 Å². The molecule has 0 aliphatic carbocycles. The van der Waals surface area contributed by atoms with Gasteiger partial charge in [0.1, 0.15) is 5.82 Å². The van der Waals surface area contributed by atoms with Gasteiger partial charge in [0.15, 0.2) is 11.5 Å². The van der Waals surface area contributed by atoms with E-state index in [0.717, 1.165) is 0 Å². The quantitative estimate of drug-likeness (QED) is 0.544. The van der Waals surface area contributed by atoms with E-state index < -0.39 is 5.97 Å². The van der Waals surface area contributed by atoms with E-state index in [1.54, 1.807) is 36.5 Å². The molecule has 0 atom stereocenters. The number of methoxy groups -OCH3 is 1. The highest BCUT2D eigenvalue weighted by Crippen LogP contribution is 2.22. The minimum atomic E-state index is -0.546. The number of rotatable bonds is 7. The van der Waals surface area contributed by atoms with Crippen molar-refractivity contribution >= 4 is 33.6 Å². The molecule has 150 valence electrons. The Morgan fingerprint density at radius 3 is 2.72 bits per heavy atom. The molecule has 0 bridgehead atoms. The lowest BCUT2D eigenvalue weighted by Gasteiger charge is -2.07. The number of carbonyl (C=O) groups is 2. The van der Waals surface area contributed by atoms with Crippen molar-refractivity contribution in [2.45, 2.75) is 19.4 Å². The van der Waals surface area contributed by atoms with Gasteiger partial charge in [-0.25, -0.2) is 14.2 Å². The van der Waals surface area contributed by atoms with Crippen molar-refractivity contribution in [3.8, 4) is 0 Å². The van der Waals surface area contributed by atoms with E-state index in [4.69, 9.17) is 4.74 Å². The number of ether oxygens (including phenoxy) is 1. The third-order valence-electron chi connectivity index (χ3n) is 4.16. The number of aromatic nitrogens is 3. The summed E-state index contributed by atoms with van der Waals surface area (Å²) in [6.07, 6.45) is 3.60. The summed E-state index contributed by atoms with van der Waals surface area (Å²) in [6, 6.07) is 9.86. The largest absolute Gasteiger partial charge is 0.464 e. The smallest absolute Gasteiger partial charge is 0.356 e. The van der Waals surface area contributed by atoms with E-state index >= 15 is 0 Å². The highest BCUT2D eigenvalue weighted by Gasteiger charge is 2.15. The Labute approximate surface area is 175 Å². The van der Waals surface area contributed by atoms with Crippen LogP contribution in [-0.2, 0) is 22.5 Å². The second kappa shape index (κ2) is 9.42. The maximum Gasteiger partial charge on any atom is 0.356 e. The van der Waals surface area contributed by atoms with Gasteiger partial charge in [-0.2, -0.15) is 5.10 Å². The van der Waals surface area contributed by atoms with Gasteiger partial charge in [0, 0.05) is 24.4 Å². The molecule has 29 heavy (non-hydrogen) atoms. The third-order valence-corrected chi connectivity index (χ3v) is 4.74. The van der Waals surface area contributed by atoms with Crippen LogP contribution in [0.3, 0.4) is 0 Å². The van der Waals surface area contributed by atoms with Crippen LogP contribution in [-0.4, -0.2) is 33.8 Å². The Balaban J connectivity index is 1.63. The van der Waals surface area contributed by atoms with Gasteiger partial charge in [0.2, 0.25) is 5.91 Å². The Hall–Kier alpha value is -3.07. The molecule has 0 saturated heterocycles. The lowest BCUT2D eigenvalue weighted by Crippen LogP contribution is -2.15. The van der Waals surface area contributed by atoms with Gasteiger partial charge < -0.3 is 10.1 Å². The zero-order valence-electron chi connectivity index (χ0n) is 15.6. The van der Waals surface area contributed by atoms with Gasteiger partial charge in [-0.15, -0.1) is 0 Å². The molecule has 1 aromatic carbocycles. The maximum absolute atomic E-state index is 13.8. The van der Waals surface area contributed by atoms with Gasteiger partial charge in [-0.05, 0) is 40.0 Å². The predicted octanol–water partition coefficient (Wildman–Crippen LogP) is 3.59. The molecule has 0 saturated carbocycles. The van der Waals surface area contributed by atoms with Crippen molar-refractivity contribution in [1.82, 2.24) is 14.8 Å². The minimum Gasteiger partial charge on any atom is -0.464 e. The number of hydrogen-bond acceptors (Lipinski definition) is 5. The summed E-state index contributed by atoms with van der Waals surface area (Å²) in [4.78, 5) is 28.1. The van der Waals surface area contributed by atoms with Gasteiger partial charge in [-0.1, -0.05) is 24.3 Å². The van der Waals surface area contributed by atoms with E-state index in [1.807, 2.05) is 0 Å². The number of halogens is 2.